The summed E-state index contributed by atoms with van der Waals surface area (Å²) >= 11 is 3.70. The number of hydrogen-bond acceptors (Lipinski definition) is 9. The number of alkyl halides is 3. The fourth-order valence-electron chi connectivity index (χ4n) is 3.15. The molecular formula is C22H26F3N5O4S2. The van der Waals surface area contributed by atoms with E-state index in [4.69, 9.17) is 0 Å². The quantitative estimate of drug-likeness (QED) is 0.128. The van der Waals surface area contributed by atoms with Crippen molar-refractivity contribution in [2.75, 3.05) is 46.4 Å². The van der Waals surface area contributed by atoms with Crippen molar-refractivity contribution < 1.29 is 23.0 Å². The van der Waals surface area contributed by atoms with Gasteiger partial charge in [-0.1, -0.05) is 26.0 Å². The smallest absolute Gasteiger partial charge is 0.370 e. The minimum atomic E-state index is -5.08. The second-order valence-electron chi connectivity index (χ2n) is 7.24. The molecule has 0 aromatic heterocycles. The first-order valence-electron chi connectivity index (χ1n) is 10.9. The molecule has 0 amide bonds. The van der Waals surface area contributed by atoms with Gasteiger partial charge in [-0.3, -0.25) is 25.7 Å². The first kappa shape index (κ1) is 29.2. The average Bonchev–Trinajstić information content (AvgIpc) is 2.82. The molecule has 0 atom stereocenters. The van der Waals surface area contributed by atoms with Gasteiger partial charge in [0, 0.05) is 36.3 Å². The lowest BCUT2D eigenvalue weighted by Gasteiger charge is -2.24. The maximum atomic E-state index is 13.5. The van der Waals surface area contributed by atoms with E-state index < -0.39 is 38.6 Å². The van der Waals surface area contributed by atoms with E-state index in [1.54, 1.807) is 12.1 Å². The predicted octanol–water partition coefficient (Wildman–Crippen LogP) is 6.28. The number of non-ortho nitro benzene ring substituents is 1. The largest absolute Gasteiger partial charge is 0.418 e. The minimum Gasteiger partial charge on any atom is -0.370 e. The lowest BCUT2D eigenvalue weighted by molar-refractivity contribution is -0.394. The number of nitrogens with one attached hydrogen (secondary N) is 1. The normalized spacial score (nSPS) is 11.6. The molecule has 0 fully saturated rings. The van der Waals surface area contributed by atoms with Crippen LogP contribution in [0.5, 0.6) is 0 Å². The van der Waals surface area contributed by atoms with Gasteiger partial charge in [0.1, 0.15) is 5.69 Å². The Balaban J connectivity index is 2.25. The summed E-state index contributed by atoms with van der Waals surface area (Å²) in [5, 5.41) is 26.0. The van der Waals surface area contributed by atoms with Gasteiger partial charge in [-0.15, -0.1) is 0 Å². The Labute approximate surface area is 214 Å². The topological polar surface area (TPSA) is 114 Å². The van der Waals surface area contributed by atoms with E-state index in [0.29, 0.717) is 11.6 Å². The third-order valence-corrected chi connectivity index (χ3v) is 6.64. The third kappa shape index (κ3) is 8.59. The molecule has 0 aliphatic rings. The number of hydrogen-bond donors (Lipinski definition) is 1. The minimum absolute atomic E-state index is 0.238. The molecule has 14 heteroatoms. The number of benzene rings is 2. The van der Waals surface area contributed by atoms with Gasteiger partial charge in [-0.25, -0.2) is 0 Å². The summed E-state index contributed by atoms with van der Waals surface area (Å²) < 4.78 is 40.4. The van der Waals surface area contributed by atoms with E-state index in [1.165, 1.54) is 6.21 Å². The molecule has 0 unspecified atom stereocenters. The molecule has 1 N–H and O–H groups in total. The summed E-state index contributed by atoms with van der Waals surface area (Å²) in [6, 6.07) is 7.94. The molecule has 9 nitrogen and oxygen atoms in total. The second-order valence-corrected chi connectivity index (χ2v) is 10.0. The molecule has 2 aromatic carbocycles. The molecule has 2 aromatic rings. The molecule has 0 aliphatic carbocycles. The van der Waals surface area contributed by atoms with Crippen LogP contribution in [0.2, 0.25) is 0 Å². The maximum absolute atomic E-state index is 13.5. The number of halogens is 3. The highest BCUT2D eigenvalue weighted by molar-refractivity contribution is 7.99. The van der Waals surface area contributed by atoms with Crippen LogP contribution in [0.4, 0.5) is 35.9 Å². The van der Waals surface area contributed by atoms with Gasteiger partial charge in [-0.2, -0.15) is 41.8 Å². The molecule has 0 saturated carbocycles. The fraction of sp³-hybridized carbons (Fsp3) is 0.409. The number of nitro benzene ring substituents is 2. The van der Waals surface area contributed by atoms with Gasteiger partial charge in [0.25, 0.3) is 5.69 Å². The monoisotopic (exact) mass is 545 g/mol. The van der Waals surface area contributed by atoms with Crippen LogP contribution in [0.25, 0.3) is 0 Å². The Morgan fingerprint density at radius 1 is 1.00 bits per heavy atom. The third-order valence-electron chi connectivity index (χ3n) is 4.88. The van der Waals surface area contributed by atoms with Gasteiger partial charge >= 0.3 is 11.9 Å². The number of nitro groups is 2. The van der Waals surface area contributed by atoms with Crippen molar-refractivity contribution in [2.45, 2.75) is 20.0 Å². The van der Waals surface area contributed by atoms with Crippen molar-refractivity contribution >= 4 is 52.5 Å². The van der Waals surface area contributed by atoms with Crippen LogP contribution >= 0.6 is 23.5 Å². The summed E-state index contributed by atoms with van der Waals surface area (Å²) in [5.41, 5.74) is -1.06. The van der Waals surface area contributed by atoms with Gasteiger partial charge in [0.05, 0.1) is 27.7 Å². The molecule has 0 bridgehead atoms. The molecule has 0 radical (unpaired) electrons. The van der Waals surface area contributed by atoms with Crippen molar-refractivity contribution in [1.29, 1.82) is 0 Å². The molecule has 2 rings (SSSR count). The number of nitrogens with zero attached hydrogens (tertiary/aromatic N) is 4. The van der Waals surface area contributed by atoms with E-state index in [2.05, 4.69) is 29.3 Å². The Bertz CT molecular complexity index is 1060. The number of hydrazone groups is 1. The van der Waals surface area contributed by atoms with Crippen molar-refractivity contribution in [3.63, 3.8) is 0 Å². The highest BCUT2D eigenvalue weighted by Gasteiger charge is 2.39. The first-order chi connectivity index (χ1) is 17.1. The summed E-state index contributed by atoms with van der Waals surface area (Å²) in [5.74, 6) is 4.03. The van der Waals surface area contributed by atoms with Crippen molar-refractivity contribution in [2.24, 2.45) is 5.10 Å². The SMILES string of the molecule is CCSCCN(CCSCC)c1ccc(/C=N/Nc2c([N+](=O)[O-])cc([N+](=O)[O-])cc2C(F)(F)F)cc1. The zero-order valence-corrected chi connectivity index (χ0v) is 21.3. The number of rotatable bonds is 14. The Morgan fingerprint density at radius 2 is 1.58 bits per heavy atom. The number of anilines is 2. The average molecular weight is 546 g/mol. The molecule has 0 saturated heterocycles. The molecule has 36 heavy (non-hydrogen) atoms. The first-order valence-corrected chi connectivity index (χ1v) is 13.2. The Morgan fingerprint density at radius 3 is 2.06 bits per heavy atom. The van der Waals surface area contributed by atoms with Gasteiger partial charge in [0.2, 0.25) is 0 Å². The predicted molar refractivity (Wildman–Crippen MR) is 141 cm³/mol. The standard InChI is InChI=1S/C22H26F3N5O4S2/c1-3-35-11-9-28(10-12-36-4-2)17-7-5-16(6-8-17)15-26-27-21-19(22(23,24)25)13-18(29(31)32)14-20(21)30(33)34/h5-8,13-15,27H,3-4,9-12H2,1-2H3/b26-15+. The molecule has 0 heterocycles. The lowest BCUT2D eigenvalue weighted by atomic mass is 10.1. The molecule has 0 aliphatic heterocycles. The van der Waals surface area contributed by atoms with Crippen molar-refractivity contribution in [3.8, 4) is 0 Å². The van der Waals surface area contributed by atoms with Crippen LogP contribution in [0.1, 0.15) is 25.0 Å². The van der Waals surface area contributed by atoms with E-state index in [-0.39, 0.29) is 6.07 Å². The summed E-state index contributed by atoms with van der Waals surface area (Å²) in [6.45, 7) is 5.96. The summed E-state index contributed by atoms with van der Waals surface area (Å²) in [6.07, 6.45) is -3.86. The lowest BCUT2D eigenvalue weighted by Crippen LogP contribution is -2.28. The summed E-state index contributed by atoms with van der Waals surface area (Å²) in [7, 11) is 0. The summed E-state index contributed by atoms with van der Waals surface area (Å²) in [4.78, 5) is 22.3. The van der Waals surface area contributed by atoms with Crippen LogP contribution in [0.3, 0.4) is 0 Å². The van der Waals surface area contributed by atoms with E-state index in [1.807, 2.05) is 35.7 Å². The number of thioether (sulfide) groups is 2. The van der Waals surface area contributed by atoms with Gasteiger partial charge in [-0.05, 0) is 29.2 Å². The van der Waals surface area contributed by atoms with Crippen LogP contribution in [0.15, 0.2) is 41.5 Å². The van der Waals surface area contributed by atoms with Gasteiger partial charge in [0.15, 0.2) is 0 Å². The van der Waals surface area contributed by atoms with Crippen molar-refractivity contribution in [1.82, 2.24) is 0 Å². The zero-order valence-electron chi connectivity index (χ0n) is 19.7. The van der Waals surface area contributed by atoms with E-state index in [9.17, 15) is 33.4 Å². The van der Waals surface area contributed by atoms with E-state index >= 15 is 0 Å². The van der Waals surface area contributed by atoms with E-state index in [0.717, 1.165) is 41.8 Å². The fourth-order valence-corrected chi connectivity index (χ4v) is 4.43. The molecular weight excluding hydrogens is 519 g/mol. The maximum Gasteiger partial charge on any atom is 0.418 e. The van der Waals surface area contributed by atoms with Crippen LogP contribution in [-0.2, 0) is 6.18 Å². The zero-order chi connectivity index (χ0) is 26.7. The highest BCUT2D eigenvalue weighted by Crippen LogP contribution is 2.42. The molecule has 0 spiro atoms. The Kier molecular flexibility index (Phi) is 11.3. The highest BCUT2D eigenvalue weighted by atomic mass is 32.2. The van der Waals surface area contributed by atoms with Crippen LogP contribution < -0.4 is 10.3 Å². The van der Waals surface area contributed by atoms with Crippen LogP contribution in [0, 0.1) is 20.2 Å². The second kappa shape index (κ2) is 13.9. The Hall–Kier alpha value is -3.00. The van der Waals surface area contributed by atoms with Crippen molar-refractivity contribution in [3.05, 3.63) is 67.8 Å². The van der Waals surface area contributed by atoms with Gasteiger partial charge < -0.3 is 4.90 Å². The molecule has 196 valence electrons. The van der Waals surface area contributed by atoms with Crippen LogP contribution in [-0.4, -0.2) is 52.2 Å².